The molecule has 2 unspecified atom stereocenters. The number of alkyl halides is 1. The summed E-state index contributed by atoms with van der Waals surface area (Å²) in [5.74, 6) is -2.37. The number of halogens is 2. The summed E-state index contributed by atoms with van der Waals surface area (Å²) in [7, 11) is 0. The number of nitrogens with two attached hydrogens (primary N) is 1. The van der Waals surface area contributed by atoms with Gasteiger partial charge in [0.15, 0.2) is 12.0 Å². The number of carbonyl (C=O) groups is 2. The van der Waals surface area contributed by atoms with Crippen LogP contribution in [0.2, 0.25) is 0 Å². The van der Waals surface area contributed by atoms with Gasteiger partial charge in [-0.3, -0.25) is 25.2 Å². The van der Waals surface area contributed by atoms with Crippen LogP contribution in [-0.4, -0.2) is 79.0 Å². The van der Waals surface area contributed by atoms with Gasteiger partial charge in [-0.2, -0.15) is 0 Å². The molecule has 3 saturated heterocycles. The van der Waals surface area contributed by atoms with E-state index in [0.29, 0.717) is 32.5 Å². The zero-order valence-corrected chi connectivity index (χ0v) is 17.3. The van der Waals surface area contributed by atoms with Gasteiger partial charge < -0.3 is 20.9 Å². The van der Waals surface area contributed by atoms with E-state index in [1.54, 1.807) is 9.80 Å². The van der Waals surface area contributed by atoms with Gasteiger partial charge in [-0.1, -0.05) is 5.18 Å². The molecule has 0 aliphatic carbocycles. The lowest BCUT2D eigenvalue weighted by Gasteiger charge is -2.39. The van der Waals surface area contributed by atoms with Crippen molar-refractivity contribution in [3.8, 4) is 0 Å². The molecule has 0 spiro atoms. The third kappa shape index (κ3) is 4.40. The standard InChI is InChI=1S/C19H26F2N8O3/c20-10-5-24-18(25-6-10)15(17(22)27-32)19(31)26-13-8-23-7-12(21)16(13)28-3-4-29-11(9-28)1-2-14(29)30/h7-8,10-11,15,17-18,24-25H,1-6,9,22H2,(H,26,31)/t10?,11-,15?,17?,18?/m1/s1. The van der Waals surface area contributed by atoms with Crippen molar-refractivity contribution in [3.05, 3.63) is 23.1 Å². The number of anilines is 2. The smallest absolute Gasteiger partial charge is 0.234 e. The monoisotopic (exact) mass is 452 g/mol. The van der Waals surface area contributed by atoms with Crippen LogP contribution in [0.3, 0.4) is 0 Å². The predicted molar refractivity (Wildman–Crippen MR) is 112 cm³/mol. The van der Waals surface area contributed by atoms with E-state index in [1.165, 1.54) is 6.20 Å². The van der Waals surface area contributed by atoms with E-state index in [2.05, 4.69) is 26.1 Å². The van der Waals surface area contributed by atoms with Crippen molar-refractivity contribution in [2.45, 2.75) is 37.4 Å². The molecule has 2 amide bonds. The SMILES string of the molecule is NC(N=O)C(C(=O)Nc1cncc(F)c1N1CCN2C(=O)CC[C@@H]2C1)C1NCC(F)CN1. The highest BCUT2D eigenvalue weighted by molar-refractivity contribution is 5.96. The lowest BCUT2D eigenvalue weighted by molar-refractivity contribution is -0.129. The van der Waals surface area contributed by atoms with Gasteiger partial charge in [0.05, 0.1) is 24.2 Å². The molecule has 0 bridgehead atoms. The third-order valence-corrected chi connectivity index (χ3v) is 6.21. The van der Waals surface area contributed by atoms with Crippen molar-refractivity contribution >= 4 is 23.2 Å². The van der Waals surface area contributed by atoms with Gasteiger partial charge in [-0.25, -0.2) is 8.78 Å². The summed E-state index contributed by atoms with van der Waals surface area (Å²) < 4.78 is 28.3. The fourth-order valence-corrected chi connectivity index (χ4v) is 4.60. The fraction of sp³-hybridized carbons (Fsp3) is 0.632. The molecule has 5 N–H and O–H groups in total. The molecular formula is C19H26F2N8O3. The largest absolute Gasteiger partial charge is 0.364 e. The van der Waals surface area contributed by atoms with Gasteiger partial charge >= 0.3 is 0 Å². The minimum atomic E-state index is -1.41. The van der Waals surface area contributed by atoms with E-state index < -0.39 is 36.1 Å². The molecule has 3 aliphatic heterocycles. The second-order valence-corrected chi connectivity index (χ2v) is 8.25. The number of piperazine rings is 1. The summed E-state index contributed by atoms with van der Waals surface area (Å²) >= 11 is 0. The molecule has 3 fully saturated rings. The Kier molecular flexibility index (Phi) is 6.58. The van der Waals surface area contributed by atoms with E-state index in [4.69, 9.17) is 5.73 Å². The van der Waals surface area contributed by atoms with E-state index in [-0.39, 0.29) is 36.4 Å². The molecule has 13 heteroatoms. The van der Waals surface area contributed by atoms with Gasteiger partial charge in [-0.15, -0.1) is 4.91 Å². The molecule has 174 valence electrons. The maximum absolute atomic E-state index is 14.8. The number of hydrogen-bond donors (Lipinski definition) is 4. The van der Waals surface area contributed by atoms with Gasteiger partial charge in [-0.05, 0) is 6.42 Å². The first-order valence-corrected chi connectivity index (χ1v) is 10.6. The number of rotatable bonds is 6. The summed E-state index contributed by atoms with van der Waals surface area (Å²) in [6.45, 7) is 1.27. The molecule has 0 saturated carbocycles. The van der Waals surface area contributed by atoms with Crippen molar-refractivity contribution in [3.63, 3.8) is 0 Å². The third-order valence-electron chi connectivity index (χ3n) is 6.21. The van der Waals surface area contributed by atoms with Crippen molar-refractivity contribution < 1.29 is 18.4 Å². The Bertz CT molecular complexity index is 882. The molecule has 11 nitrogen and oxygen atoms in total. The van der Waals surface area contributed by atoms with Crippen LogP contribution in [-0.2, 0) is 9.59 Å². The minimum absolute atomic E-state index is 0.00974. The van der Waals surface area contributed by atoms with Crippen LogP contribution < -0.4 is 26.6 Å². The predicted octanol–water partition coefficient (Wildman–Crippen LogP) is -0.505. The molecule has 0 radical (unpaired) electrons. The normalized spacial score (nSPS) is 27.6. The maximum Gasteiger partial charge on any atom is 0.234 e. The first kappa shape index (κ1) is 22.4. The van der Waals surface area contributed by atoms with Crippen LogP contribution in [0.15, 0.2) is 17.6 Å². The highest BCUT2D eigenvalue weighted by Gasteiger charge is 2.39. The number of hydrogen-bond acceptors (Lipinski definition) is 9. The maximum atomic E-state index is 14.8. The fourth-order valence-electron chi connectivity index (χ4n) is 4.60. The zero-order valence-electron chi connectivity index (χ0n) is 17.3. The molecule has 3 atom stereocenters. The lowest BCUT2D eigenvalue weighted by Crippen LogP contribution is -2.62. The number of pyridine rings is 1. The minimum Gasteiger partial charge on any atom is -0.364 e. The Labute approximate surface area is 183 Å². The van der Waals surface area contributed by atoms with Crippen LogP contribution in [0, 0.1) is 16.6 Å². The summed E-state index contributed by atoms with van der Waals surface area (Å²) in [6.07, 6.45) is 0.204. The number of amides is 2. The lowest BCUT2D eigenvalue weighted by atomic mass is 9.99. The van der Waals surface area contributed by atoms with Crippen LogP contribution in [0.25, 0.3) is 0 Å². The summed E-state index contributed by atoms with van der Waals surface area (Å²) in [5.41, 5.74) is 6.05. The quantitative estimate of drug-likeness (QED) is 0.423. The number of aromatic nitrogens is 1. The summed E-state index contributed by atoms with van der Waals surface area (Å²) in [5, 5.41) is 11.0. The van der Waals surface area contributed by atoms with Crippen molar-refractivity contribution in [2.24, 2.45) is 16.8 Å². The van der Waals surface area contributed by atoms with E-state index in [1.807, 2.05) is 0 Å². The average Bonchev–Trinajstić information content (AvgIpc) is 3.15. The zero-order chi connectivity index (χ0) is 22.8. The molecule has 1 aromatic rings. The van der Waals surface area contributed by atoms with Crippen LogP contribution >= 0.6 is 0 Å². The molecule has 4 rings (SSSR count). The number of nitrogens with one attached hydrogen (secondary N) is 3. The Morgan fingerprint density at radius 1 is 1.31 bits per heavy atom. The molecule has 32 heavy (non-hydrogen) atoms. The van der Waals surface area contributed by atoms with Crippen molar-refractivity contribution in [1.29, 1.82) is 0 Å². The summed E-state index contributed by atoms with van der Waals surface area (Å²) in [4.78, 5) is 43.6. The molecule has 3 aliphatic rings. The molecule has 1 aromatic heterocycles. The highest BCUT2D eigenvalue weighted by Crippen LogP contribution is 2.33. The first-order valence-electron chi connectivity index (χ1n) is 10.6. The molecule has 0 aromatic carbocycles. The second-order valence-electron chi connectivity index (χ2n) is 8.25. The van der Waals surface area contributed by atoms with E-state index in [9.17, 15) is 23.3 Å². The van der Waals surface area contributed by atoms with Gasteiger partial charge in [0, 0.05) is 45.2 Å². The number of nitrogens with zero attached hydrogens (tertiary/aromatic N) is 4. The van der Waals surface area contributed by atoms with Crippen LogP contribution in [0.1, 0.15) is 12.8 Å². The average molecular weight is 452 g/mol. The number of carbonyl (C=O) groups excluding carboxylic acids is 2. The van der Waals surface area contributed by atoms with E-state index in [0.717, 1.165) is 6.20 Å². The van der Waals surface area contributed by atoms with Gasteiger partial charge in [0.25, 0.3) is 0 Å². The topological polar surface area (TPSA) is 145 Å². The summed E-state index contributed by atoms with van der Waals surface area (Å²) in [6, 6.07) is -0.0166. The van der Waals surface area contributed by atoms with Crippen molar-refractivity contribution in [1.82, 2.24) is 20.5 Å². The molecule has 4 heterocycles. The Morgan fingerprint density at radius 2 is 2.06 bits per heavy atom. The van der Waals surface area contributed by atoms with Crippen LogP contribution in [0.4, 0.5) is 20.2 Å². The first-order chi connectivity index (χ1) is 15.4. The Hall–Kier alpha value is -2.77. The van der Waals surface area contributed by atoms with Gasteiger partial charge in [0.1, 0.15) is 17.8 Å². The van der Waals surface area contributed by atoms with Crippen molar-refractivity contribution in [2.75, 3.05) is 42.9 Å². The Balaban J connectivity index is 1.54. The highest BCUT2D eigenvalue weighted by atomic mass is 19.1. The van der Waals surface area contributed by atoms with Crippen LogP contribution in [0.5, 0.6) is 0 Å². The number of nitroso groups, excluding NO2 is 1. The Morgan fingerprint density at radius 3 is 2.78 bits per heavy atom. The van der Waals surface area contributed by atoms with E-state index >= 15 is 0 Å². The second kappa shape index (κ2) is 9.38. The van der Waals surface area contributed by atoms with Gasteiger partial charge in [0.2, 0.25) is 11.8 Å². The number of fused-ring (bicyclic) bond motifs is 1. The molecular weight excluding hydrogens is 426 g/mol.